The molecular weight excluding hydrogens is 273 g/mol. The molecule has 6 nitrogen and oxygen atoms in total. The standard InChI is InChI=1S/C11H14FN3O3S/c12-7-3-4-10(8(13)6-7)19(17,18)15-5-1-2-9(15)11(14)16/h3-4,6,9H,1-2,5,13H2,(H2,14,16). The Hall–Kier alpha value is -1.67. The summed E-state index contributed by atoms with van der Waals surface area (Å²) in [4.78, 5) is 11.0. The van der Waals surface area contributed by atoms with E-state index in [0.29, 0.717) is 12.8 Å². The summed E-state index contributed by atoms with van der Waals surface area (Å²) in [5, 5.41) is 0. The third kappa shape index (κ3) is 2.41. The Morgan fingerprint density at radius 2 is 2.11 bits per heavy atom. The average molecular weight is 287 g/mol. The molecule has 0 bridgehead atoms. The summed E-state index contributed by atoms with van der Waals surface area (Å²) < 4.78 is 38.8. The Balaban J connectivity index is 2.45. The molecule has 19 heavy (non-hydrogen) atoms. The van der Waals surface area contributed by atoms with Crippen molar-refractivity contribution >= 4 is 21.6 Å². The molecule has 104 valence electrons. The van der Waals surface area contributed by atoms with Crippen LogP contribution in [0.25, 0.3) is 0 Å². The molecule has 1 saturated heterocycles. The van der Waals surface area contributed by atoms with Crippen LogP contribution in [0.4, 0.5) is 10.1 Å². The second kappa shape index (κ2) is 4.78. The van der Waals surface area contributed by atoms with Gasteiger partial charge in [-0.3, -0.25) is 4.79 Å². The summed E-state index contributed by atoms with van der Waals surface area (Å²) in [6.45, 7) is 0.201. The molecule has 0 saturated carbocycles. The lowest BCUT2D eigenvalue weighted by molar-refractivity contribution is -0.121. The zero-order valence-corrected chi connectivity index (χ0v) is 10.9. The predicted octanol–water partition coefficient (Wildman–Crippen LogP) is 0.0463. The smallest absolute Gasteiger partial charge is 0.245 e. The highest BCUT2D eigenvalue weighted by molar-refractivity contribution is 7.89. The van der Waals surface area contributed by atoms with E-state index in [1.54, 1.807) is 0 Å². The zero-order valence-electron chi connectivity index (χ0n) is 10.0. The molecule has 8 heteroatoms. The zero-order chi connectivity index (χ0) is 14.2. The fourth-order valence-corrected chi connectivity index (χ4v) is 3.96. The van der Waals surface area contributed by atoms with Crippen LogP contribution in [-0.4, -0.2) is 31.2 Å². The lowest BCUT2D eigenvalue weighted by atomic mass is 10.2. The van der Waals surface area contributed by atoms with Gasteiger partial charge in [-0.15, -0.1) is 0 Å². The second-order valence-electron chi connectivity index (χ2n) is 4.36. The Morgan fingerprint density at radius 1 is 1.42 bits per heavy atom. The summed E-state index contributed by atoms with van der Waals surface area (Å²) in [7, 11) is -3.94. The summed E-state index contributed by atoms with van der Waals surface area (Å²) in [5.41, 5.74) is 10.5. The maximum atomic E-state index is 13.0. The van der Waals surface area contributed by atoms with E-state index in [0.717, 1.165) is 22.5 Å². The number of benzene rings is 1. The van der Waals surface area contributed by atoms with Crippen molar-refractivity contribution in [1.82, 2.24) is 4.31 Å². The van der Waals surface area contributed by atoms with Gasteiger partial charge in [-0.25, -0.2) is 12.8 Å². The van der Waals surface area contributed by atoms with Crippen molar-refractivity contribution in [3.63, 3.8) is 0 Å². The number of nitrogens with zero attached hydrogens (tertiary/aromatic N) is 1. The van der Waals surface area contributed by atoms with Gasteiger partial charge in [-0.2, -0.15) is 4.31 Å². The molecule has 4 N–H and O–H groups in total. The van der Waals surface area contributed by atoms with Crippen molar-refractivity contribution < 1.29 is 17.6 Å². The number of nitrogen functional groups attached to an aromatic ring is 1. The van der Waals surface area contributed by atoms with Crippen LogP contribution < -0.4 is 11.5 Å². The number of carbonyl (C=O) groups is 1. The Labute approximate surface area is 110 Å². The Bertz CT molecular complexity index is 618. The molecule has 0 aromatic heterocycles. The number of halogens is 1. The largest absolute Gasteiger partial charge is 0.398 e. The van der Waals surface area contributed by atoms with Gasteiger partial charge in [0.05, 0.1) is 5.69 Å². The predicted molar refractivity (Wildman–Crippen MR) is 66.9 cm³/mol. The highest BCUT2D eigenvalue weighted by atomic mass is 32.2. The highest BCUT2D eigenvalue weighted by Gasteiger charge is 2.39. The van der Waals surface area contributed by atoms with Crippen molar-refractivity contribution in [1.29, 1.82) is 0 Å². The van der Waals surface area contributed by atoms with Crippen molar-refractivity contribution in [3.8, 4) is 0 Å². The minimum absolute atomic E-state index is 0.185. The number of hydrogen-bond acceptors (Lipinski definition) is 4. The van der Waals surface area contributed by atoms with E-state index in [2.05, 4.69) is 0 Å². The lowest BCUT2D eigenvalue weighted by Gasteiger charge is -2.22. The minimum Gasteiger partial charge on any atom is -0.398 e. The summed E-state index contributed by atoms with van der Waals surface area (Å²) >= 11 is 0. The van der Waals surface area contributed by atoms with Gasteiger partial charge in [0.15, 0.2) is 0 Å². The van der Waals surface area contributed by atoms with Gasteiger partial charge in [-0.05, 0) is 31.0 Å². The lowest BCUT2D eigenvalue weighted by Crippen LogP contribution is -2.43. The monoisotopic (exact) mass is 287 g/mol. The quantitative estimate of drug-likeness (QED) is 0.766. The van der Waals surface area contributed by atoms with Gasteiger partial charge >= 0.3 is 0 Å². The number of nitrogens with two attached hydrogens (primary N) is 2. The number of hydrogen-bond donors (Lipinski definition) is 2. The van der Waals surface area contributed by atoms with Crippen LogP contribution in [-0.2, 0) is 14.8 Å². The molecule has 1 unspecified atom stereocenters. The Morgan fingerprint density at radius 3 is 2.68 bits per heavy atom. The van der Waals surface area contributed by atoms with Crippen molar-refractivity contribution in [2.24, 2.45) is 5.73 Å². The van der Waals surface area contributed by atoms with E-state index in [-0.39, 0.29) is 17.1 Å². The number of anilines is 1. The van der Waals surface area contributed by atoms with Crippen LogP contribution >= 0.6 is 0 Å². The maximum Gasteiger partial charge on any atom is 0.245 e. The summed E-state index contributed by atoms with van der Waals surface area (Å²) in [6.07, 6.45) is 0.934. The fraction of sp³-hybridized carbons (Fsp3) is 0.364. The number of sulfonamides is 1. The fourth-order valence-electron chi connectivity index (χ4n) is 2.19. The van der Waals surface area contributed by atoms with Crippen molar-refractivity contribution in [3.05, 3.63) is 24.0 Å². The number of amides is 1. The number of rotatable bonds is 3. The SMILES string of the molecule is NC(=O)C1CCCN1S(=O)(=O)c1ccc(F)cc1N. The molecule has 0 aliphatic carbocycles. The van der Waals surface area contributed by atoms with E-state index in [4.69, 9.17) is 11.5 Å². The van der Waals surface area contributed by atoms with Crippen LogP contribution in [0.3, 0.4) is 0 Å². The van der Waals surface area contributed by atoms with Crippen LogP contribution in [0, 0.1) is 5.82 Å². The van der Waals surface area contributed by atoms with Crippen LogP contribution in [0.2, 0.25) is 0 Å². The van der Waals surface area contributed by atoms with E-state index in [1.807, 2.05) is 0 Å². The molecule has 0 spiro atoms. The van der Waals surface area contributed by atoms with E-state index in [1.165, 1.54) is 0 Å². The minimum atomic E-state index is -3.94. The first kappa shape index (κ1) is 13.8. The second-order valence-corrected chi connectivity index (χ2v) is 6.22. The molecule has 1 aromatic carbocycles. The van der Waals surface area contributed by atoms with Gasteiger partial charge in [0.1, 0.15) is 16.8 Å². The van der Waals surface area contributed by atoms with E-state index in [9.17, 15) is 17.6 Å². The van der Waals surface area contributed by atoms with Gasteiger partial charge in [0, 0.05) is 6.54 Å². The van der Waals surface area contributed by atoms with Gasteiger partial charge in [0.2, 0.25) is 15.9 Å². The molecule has 1 aromatic rings. The summed E-state index contributed by atoms with van der Waals surface area (Å²) in [6, 6.07) is 2.17. The van der Waals surface area contributed by atoms with Crippen molar-refractivity contribution in [2.75, 3.05) is 12.3 Å². The first-order valence-corrected chi connectivity index (χ1v) is 7.14. The molecule has 2 rings (SSSR count). The molecule has 1 aliphatic heterocycles. The first-order chi connectivity index (χ1) is 8.84. The molecule has 1 aliphatic rings. The van der Waals surface area contributed by atoms with E-state index < -0.39 is 27.8 Å². The third-order valence-electron chi connectivity index (χ3n) is 3.09. The topological polar surface area (TPSA) is 106 Å². The molecule has 0 radical (unpaired) electrons. The summed E-state index contributed by atoms with van der Waals surface area (Å²) in [5.74, 6) is -1.31. The van der Waals surface area contributed by atoms with Crippen LogP contribution in [0.1, 0.15) is 12.8 Å². The van der Waals surface area contributed by atoms with Crippen LogP contribution in [0.5, 0.6) is 0 Å². The molecule has 1 atom stereocenters. The molecule has 1 fully saturated rings. The van der Waals surface area contributed by atoms with Gasteiger partial charge in [-0.1, -0.05) is 0 Å². The molecule has 1 heterocycles. The van der Waals surface area contributed by atoms with Crippen LogP contribution in [0.15, 0.2) is 23.1 Å². The molecular formula is C11H14FN3O3S. The maximum absolute atomic E-state index is 13.0. The van der Waals surface area contributed by atoms with Gasteiger partial charge < -0.3 is 11.5 Å². The normalized spacial score (nSPS) is 20.6. The average Bonchev–Trinajstić information content (AvgIpc) is 2.77. The number of carbonyl (C=O) groups excluding carboxylic acids is 1. The third-order valence-corrected chi connectivity index (χ3v) is 5.07. The van der Waals surface area contributed by atoms with Gasteiger partial charge in [0.25, 0.3) is 0 Å². The Kier molecular flexibility index (Phi) is 3.46. The van der Waals surface area contributed by atoms with E-state index >= 15 is 0 Å². The molecule has 1 amide bonds. The highest BCUT2D eigenvalue weighted by Crippen LogP contribution is 2.29. The number of primary amides is 1. The first-order valence-electron chi connectivity index (χ1n) is 5.70. The van der Waals surface area contributed by atoms with Crippen molar-refractivity contribution in [2.45, 2.75) is 23.8 Å².